The molecule has 0 saturated carbocycles. The Kier molecular flexibility index (Phi) is 5.00. The second-order valence-electron chi connectivity index (χ2n) is 6.61. The smallest absolute Gasteiger partial charge is 0.220 e. The van der Waals surface area contributed by atoms with E-state index in [9.17, 15) is 4.79 Å². The lowest BCUT2D eigenvalue weighted by atomic mass is 10.1. The minimum absolute atomic E-state index is 0.0670. The van der Waals surface area contributed by atoms with Gasteiger partial charge in [-0.1, -0.05) is 25.1 Å². The highest BCUT2D eigenvalue weighted by molar-refractivity contribution is 5.75. The first-order chi connectivity index (χ1) is 11.5. The maximum absolute atomic E-state index is 11.4. The minimum atomic E-state index is 0.0670. The van der Waals surface area contributed by atoms with E-state index in [-0.39, 0.29) is 5.91 Å². The van der Waals surface area contributed by atoms with Crippen LogP contribution in [0.5, 0.6) is 0 Å². The summed E-state index contributed by atoms with van der Waals surface area (Å²) < 4.78 is 2.07. The summed E-state index contributed by atoms with van der Waals surface area (Å²) in [6.45, 7) is 10.5. The third-order valence-corrected chi connectivity index (χ3v) is 4.69. The molecule has 1 aromatic carbocycles. The van der Waals surface area contributed by atoms with Crippen LogP contribution in [0.1, 0.15) is 41.4 Å². The average Bonchev–Trinajstić information content (AvgIpc) is 2.98. The lowest BCUT2D eigenvalue weighted by Crippen LogP contribution is -2.33. The molecule has 1 aliphatic rings. The van der Waals surface area contributed by atoms with Crippen LogP contribution in [0.25, 0.3) is 0 Å². The molecule has 24 heavy (non-hydrogen) atoms. The number of nitrogens with one attached hydrogen (secondary N) is 1. The van der Waals surface area contributed by atoms with E-state index in [1.165, 1.54) is 22.4 Å². The number of carbonyl (C=O) groups excluding carboxylic acids is 1. The molecule has 0 radical (unpaired) electrons. The van der Waals surface area contributed by atoms with Gasteiger partial charge in [-0.05, 0) is 36.6 Å². The molecule has 0 aliphatic carbocycles. The Morgan fingerprint density at radius 2 is 2.04 bits per heavy atom. The Balaban J connectivity index is 1.62. The van der Waals surface area contributed by atoms with Gasteiger partial charge < -0.3 is 5.32 Å². The van der Waals surface area contributed by atoms with Crippen molar-refractivity contribution in [3.8, 4) is 0 Å². The Morgan fingerprint density at radius 3 is 2.79 bits per heavy atom. The van der Waals surface area contributed by atoms with Crippen molar-refractivity contribution in [3.05, 3.63) is 52.3 Å². The van der Waals surface area contributed by atoms with E-state index in [1.807, 2.05) is 6.92 Å². The number of aromatic nitrogens is 2. The molecule has 0 spiro atoms. The van der Waals surface area contributed by atoms with Gasteiger partial charge in [-0.25, -0.2) is 0 Å². The second-order valence-corrected chi connectivity index (χ2v) is 6.61. The second kappa shape index (κ2) is 7.18. The fraction of sp³-hybridized carbons (Fsp3) is 0.474. The Bertz CT molecular complexity index is 735. The first-order valence-electron chi connectivity index (χ1n) is 8.66. The van der Waals surface area contributed by atoms with Gasteiger partial charge in [0.15, 0.2) is 0 Å². The monoisotopic (exact) mass is 326 g/mol. The molecule has 0 fully saturated rings. The molecule has 0 saturated heterocycles. The quantitative estimate of drug-likeness (QED) is 0.918. The van der Waals surface area contributed by atoms with E-state index in [2.05, 4.69) is 58.1 Å². The normalized spacial score (nSPS) is 14.5. The highest BCUT2D eigenvalue weighted by atomic mass is 16.1. The molecule has 3 rings (SSSR count). The van der Waals surface area contributed by atoms with Gasteiger partial charge in [0, 0.05) is 26.1 Å². The van der Waals surface area contributed by atoms with Crippen LogP contribution in [0.2, 0.25) is 0 Å². The van der Waals surface area contributed by atoms with Gasteiger partial charge in [-0.2, -0.15) is 5.10 Å². The van der Waals surface area contributed by atoms with Crippen LogP contribution >= 0.6 is 0 Å². The van der Waals surface area contributed by atoms with Crippen molar-refractivity contribution in [2.24, 2.45) is 0 Å². The number of amides is 1. The average molecular weight is 326 g/mol. The van der Waals surface area contributed by atoms with Crippen LogP contribution in [-0.2, 0) is 31.0 Å². The molecule has 1 aliphatic heterocycles. The number of rotatable bonds is 5. The third-order valence-electron chi connectivity index (χ3n) is 4.69. The highest BCUT2D eigenvalue weighted by Gasteiger charge is 2.18. The summed E-state index contributed by atoms with van der Waals surface area (Å²) >= 11 is 0. The standard InChI is InChI=1S/C19H26N4O/c1-4-19(24)20-11-17-10-18-13-22(7-8-23(18)21-17)12-16-6-5-14(2)15(3)9-16/h5-6,9-10H,4,7-8,11-13H2,1-3H3,(H,20,24). The molecule has 1 aromatic heterocycles. The summed E-state index contributed by atoms with van der Waals surface area (Å²) in [7, 11) is 0. The fourth-order valence-electron chi connectivity index (χ4n) is 3.08. The van der Waals surface area contributed by atoms with Crippen LogP contribution in [0.15, 0.2) is 24.3 Å². The first kappa shape index (κ1) is 16.7. The van der Waals surface area contributed by atoms with E-state index in [4.69, 9.17) is 0 Å². The van der Waals surface area contributed by atoms with Crippen LogP contribution in [0.4, 0.5) is 0 Å². The number of aryl methyl sites for hydroxylation is 2. The molecule has 1 N–H and O–H groups in total. The number of hydrogen-bond donors (Lipinski definition) is 1. The molecular formula is C19H26N4O. The molecule has 0 bridgehead atoms. The van der Waals surface area contributed by atoms with Gasteiger partial charge >= 0.3 is 0 Å². The predicted octanol–water partition coefficient (Wildman–Crippen LogP) is 2.54. The molecule has 2 heterocycles. The summed E-state index contributed by atoms with van der Waals surface area (Å²) in [6.07, 6.45) is 0.511. The van der Waals surface area contributed by atoms with Crippen molar-refractivity contribution in [3.63, 3.8) is 0 Å². The molecule has 1 amide bonds. The van der Waals surface area contributed by atoms with Crippen molar-refractivity contribution in [2.45, 2.75) is 53.4 Å². The van der Waals surface area contributed by atoms with E-state index < -0.39 is 0 Å². The molecule has 5 heteroatoms. The topological polar surface area (TPSA) is 50.2 Å². The molecule has 128 valence electrons. The zero-order chi connectivity index (χ0) is 17.1. The number of nitrogens with zero attached hydrogens (tertiary/aromatic N) is 3. The predicted molar refractivity (Wildman–Crippen MR) is 94.4 cm³/mol. The summed E-state index contributed by atoms with van der Waals surface area (Å²) in [6, 6.07) is 8.82. The molecule has 0 unspecified atom stereocenters. The number of fused-ring (bicyclic) bond motifs is 1. The third kappa shape index (κ3) is 3.85. The zero-order valence-corrected chi connectivity index (χ0v) is 14.8. The van der Waals surface area contributed by atoms with Crippen LogP contribution in [0.3, 0.4) is 0 Å². The van der Waals surface area contributed by atoms with Crippen LogP contribution in [0, 0.1) is 13.8 Å². The Morgan fingerprint density at radius 1 is 1.21 bits per heavy atom. The highest BCUT2D eigenvalue weighted by Crippen LogP contribution is 2.18. The summed E-state index contributed by atoms with van der Waals surface area (Å²) in [5.41, 5.74) is 6.23. The van der Waals surface area contributed by atoms with E-state index in [1.54, 1.807) is 0 Å². The van der Waals surface area contributed by atoms with Crippen molar-refractivity contribution in [1.82, 2.24) is 20.0 Å². The van der Waals surface area contributed by atoms with E-state index in [0.29, 0.717) is 13.0 Å². The lowest BCUT2D eigenvalue weighted by molar-refractivity contribution is -0.120. The van der Waals surface area contributed by atoms with Crippen LogP contribution < -0.4 is 5.32 Å². The van der Waals surface area contributed by atoms with Gasteiger partial charge in [0.25, 0.3) is 0 Å². The van der Waals surface area contributed by atoms with Gasteiger partial charge in [0.1, 0.15) is 0 Å². The summed E-state index contributed by atoms with van der Waals surface area (Å²) in [5, 5.41) is 7.49. The first-order valence-corrected chi connectivity index (χ1v) is 8.66. The largest absolute Gasteiger partial charge is 0.350 e. The number of benzene rings is 1. The van der Waals surface area contributed by atoms with Gasteiger partial charge in [-0.15, -0.1) is 0 Å². The van der Waals surface area contributed by atoms with Gasteiger partial charge in [-0.3, -0.25) is 14.4 Å². The van der Waals surface area contributed by atoms with E-state index in [0.717, 1.165) is 31.9 Å². The number of hydrogen-bond acceptors (Lipinski definition) is 3. The fourth-order valence-corrected chi connectivity index (χ4v) is 3.08. The van der Waals surface area contributed by atoms with Crippen molar-refractivity contribution < 1.29 is 4.79 Å². The Labute approximate surface area is 143 Å². The van der Waals surface area contributed by atoms with Crippen LogP contribution in [-0.4, -0.2) is 27.1 Å². The van der Waals surface area contributed by atoms with Gasteiger partial charge in [0.2, 0.25) is 5.91 Å². The number of carbonyl (C=O) groups is 1. The van der Waals surface area contributed by atoms with Gasteiger partial charge in [0.05, 0.1) is 24.5 Å². The summed E-state index contributed by atoms with van der Waals surface area (Å²) in [4.78, 5) is 13.8. The van der Waals surface area contributed by atoms with Crippen molar-refractivity contribution in [1.29, 1.82) is 0 Å². The maximum atomic E-state index is 11.4. The molecule has 2 aromatic rings. The lowest BCUT2D eigenvalue weighted by Gasteiger charge is -2.27. The SMILES string of the molecule is CCC(=O)NCc1cc2n(n1)CCN(Cc1ccc(C)c(C)c1)C2. The van der Waals surface area contributed by atoms with Crippen molar-refractivity contribution in [2.75, 3.05) is 6.54 Å². The molecular weight excluding hydrogens is 300 g/mol. The zero-order valence-electron chi connectivity index (χ0n) is 14.8. The maximum Gasteiger partial charge on any atom is 0.220 e. The minimum Gasteiger partial charge on any atom is -0.350 e. The summed E-state index contributed by atoms with van der Waals surface area (Å²) in [5.74, 6) is 0.0670. The molecule has 5 nitrogen and oxygen atoms in total. The molecule has 0 atom stereocenters. The van der Waals surface area contributed by atoms with E-state index >= 15 is 0 Å². The van der Waals surface area contributed by atoms with Crippen molar-refractivity contribution >= 4 is 5.91 Å². The Hall–Kier alpha value is -2.14.